The van der Waals surface area contributed by atoms with Crippen LogP contribution in [-0.2, 0) is 24.8 Å². The zero-order valence-corrected chi connectivity index (χ0v) is 19.7. The highest BCUT2D eigenvalue weighted by molar-refractivity contribution is 7.89. The van der Waals surface area contributed by atoms with Crippen molar-refractivity contribution in [3.63, 3.8) is 0 Å². The summed E-state index contributed by atoms with van der Waals surface area (Å²) in [6.45, 7) is 5.29. The van der Waals surface area contributed by atoms with E-state index < -0.39 is 32.5 Å². The van der Waals surface area contributed by atoms with Gasteiger partial charge in [0.05, 0.1) is 22.9 Å². The number of sulfonamides is 2. The number of nitrogens with one attached hydrogen (secondary N) is 2. The first-order valence-corrected chi connectivity index (χ1v) is 12.4. The summed E-state index contributed by atoms with van der Waals surface area (Å²) in [5, 5.41) is 2.58. The minimum atomic E-state index is -3.91. The Morgan fingerprint density at radius 1 is 1.00 bits per heavy atom. The van der Waals surface area contributed by atoms with Crippen molar-refractivity contribution in [2.75, 3.05) is 32.6 Å². The molecule has 0 heterocycles. The first kappa shape index (κ1) is 24.8. The average molecular weight is 470 g/mol. The number of hydrogen-bond acceptors (Lipinski definition) is 6. The molecule has 0 radical (unpaired) electrons. The van der Waals surface area contributed by atoms with Crippen LogP contribution in [0, 0.1) is 13.8 Å². The molecule has 0 unspecified atom stereocenters. The van der Waals surface area contributed by atoms with Gasteiger partial charge in [-0.05, 0) is 69.3 Å². The highest BCUT2D eigenvalue weighted by Crippen LogP contribution is 2.24. The Bertz CT molecular complexity index is 1180. The molecule has 9 nitrogen and oxygen atoms in total. The lowest BCUT2D eigenvalue weighted by molar-refractivity contribution is -0.116. The number of anilines is 1. The largest absolute Gasteiger partial charge is 0.494 e. The number of hydrogen-bond donors (Lipinski definition) is 2. The van der Waals surface area contributed by atoms with Gasteiger partial charge in [-0.15, -0.1) is 0 Å². The van der Waals surface area contributed by atoms with Crippen molar-refractivity contribution in [1.82, 2.24) is 9.03 Å². The lowest BCUT2D eigenvalue weighted by Crippen LogP contribution is -2.35. The van der Waals surface area contributed by atoms with E-state index in [0.29, 0.717) is 23.5 Å². The second-order valence-corrected chi connectivity index (χ2v) is 10.8. The summed E-state index contributed by atoms with van der Waals surface area (Å²) in [5.41, 5.74) is 1.58. The highest BCUT2D eigenvalue weighted by Gasteiger charge is 2.24. The van der Waals surface area contributed by atoms with Crippen LogP contribution in [-0.4, -0.2) is 54.3 Å². The van der Waals surface area contributed by atoms with Gasteiger partial charge in [-0.3, -0.25) is 4.79 Å². The van der Waals surface area contributed by atoms with Gasteiger partial charge in [0, 0.05) is 12.7 Å². The molecule has 0 aliphatic heterocycles. The van der Waals surface area contributed by atoms with E-state index >= 15 is 0 Å². The van der Waals surface area contributed by atoms with Crippen molar-refractivity contribution in [1.29, 1.82) is 0 Å². The molecule has 31 heavy (non-hydrogen) atoms. The van der Waals surface area contributed by atoms with Gasteiger partial charge < -0.3 is 10.1 Å². The summed E-state index contributed by atoms with van der Waals surface area (Å²) in [4.78, 5) is 12.5. The number of benzene rings is 2. The zero-order chi connectivity index (χ0) is 23.4. The molecule has 1 amide bonds. The fourth-order valence-electron chi connectivity index (χ4n) is 2.78. The first-order valence-electron chi connectivity index (χ1n) is 9.46. The van der Waals surface area contributed by atoms with Gasteiger partial charge in [0.25, 0.3) is 0 Å². The number of ether oxygens (including phenoxy) is 1. The number of rotatable bonds is 9. The monoisotopic (exact) mass is 469 g/mol. The van der Waals surface area contributed by atoms with Crippen LogP contribution in [0.5, 0.6) is 5.75 Å². The maximum absolute atomic E-state index is 12.9. The van der Waals surface area contributed by atoms with E-state index in [-0.39, 0.29) is 15.5 Å². The van der Waals surface area contributed by atoms with Gasteiger partial charge in [0.2, 0.25) is 26.0 Å². The Morgan fingerprint density at radius 3 is 2.23 bits per heavy atom. The van der Waals surface area contributed by atoms with Crippen LogP contribution in [0.4, 0.5) is 5.69 Å². The molecule has 2 aromatic rings. The van der Waals surface area contributed by atoms with Crippen LogP contribution < -0.4 is 14.8 Å². The lowest BCUT2D eigenvalue weighted by atomic mass is 10.2. The van der Waals surface area contributed by atoms with Crippen LogP contribution in [0.3, 0.4) is 0 Å². The molecule has 2 N–H and O–H groups in total. The summed E-state index contributed by atoms with van der Waals surface area (Å²) < 4.78 is 58.2. The molecule has 170 valence electrons. The maximum Gasteiger partial charge on any atom is 0.243 e. The highest BCUT2D eigenvalue weighted by atomic mass is 32.2. The van der Waals surface area contributed by atoms with Crippen molar-refractivity contribution in [2.45, 2.75) is 30.6 Å². The Kier molecular flexibility index (Phi) is 7.82. The Morgan fingerprint density at radius 2 is 1.65 bits per heavy atom. The van der Waals surface area contributed by atoms with E-state index in [1.54, 1.807) is 26.0 Å². The quantitative estimate of drug-likeness (QED) is 0.578. The zero-order valence-electron chi connectivity index (χ0n) is 18.1. The van der Waals surface area contributed by atoms with Gasteiger partial charge in [0.15, 0.2) is 0 Å². The van der Waals surface area contributed by atoms with E-state index in [9.17, 15) is 21.6 Å². The standard InChI is InChI=1S/C20H27N3O6S2/c1-6-29-19-10-9-17(11-15(19)3)31(27,28)23(5)13-20(24)22-18-12-16(8-7-14(18)2)30(25,26)21-4/h7-12,21H,6,13H2,1-5H3,(H,22,24). The van der Waals surface area contributed by atoms with Gasteiger partial charge in [-0.1, -0.05) is 6.07 Å². The van der Waals surface area contributed by atoms with Gasteiger partial charge >= 0.3 is 0 Å². The topological polar surface area (TPSA) is 122 Å². The molecular formula is C20H27N3O6S2. The Labute approximate surface area is 183 Å². The van der Waals surface area contributed by atoms with E-state index in [0.717, 1.165) is 4.31 Å². The number of likely N-dealkylation sites (N-methyl/N-ethyl adjacent to an activating group) is 1. The molecule has 2 aromatic carbocycles. The fraction of sp³-hybridized carbons (Fsp3) is 0.350. The number of aryl methyl sites for hydroxylation is 2. The number of nitrogens with zero attached hydrogens (tertiary/aromatic N) is 1. The number of amides is 1. The maximum atomic E-state index is 12.9. The molecular weight excluding hydrogens is 442 g/mol. The summed E-state index contributed by atoms with van der Waals surface area (Å²) in [6.07, 6.45) is 0. The summed E-state index contributed by atoms with van der Waals surface area (Å²) in [6, 6.07) is 8.80. The fourth-order valence-corrected chi connectivity index (χ4v) is 4.75. The Balaban J connectivity index is 2.19. The van der Waals surface area contributed by atoms with Gasteiger partial charge in [0.1, 0.15) is 5.75 Å². The SMILES string of the molecule is CCOc1ccc(S(=O)(=O)N(C)CC(=O)Nc2cc(S(=O)(=O)NC)ccc2C)cc1C. The van der Waals surface area contributed by atoms with Crippen LogP contribution in [0.2, 0.25) is 0 Å². The Hall–Kier alpha value is -2.47. The molecule has 0 saturated carbocycles. The predicted molar refractivity (Wildman–Crippen MR) is 118 cm³/mol. The van der Waals surface area contributed by atoms with Crippen molar-refractivity contribution in [3.8, 4) is 5.75 Å². The minimum absolute atomic E-state index is 0.0123. The van der Waals surface area contributed by atoms with Crippen molar-refractivity contribution < 1.29 is 26.4 Å². The van der Waals surface area contributed by atoms with Crippen LogP contribution >= 0.6 is 0 Å². The molecule has 0 atom stereocenters. The van der Waals surface area contributed by atoms with Crippen LogP contribution in [0.1, 0.15) is 18.1 Å². The number of carbonyl (C=O) groups is 1. The van der Waals surface area contributed by atoms with E-state index in [4.69, 9.17) is 4.74 Å². The third kappa shape index (κ3) is 5.82. The normalized spacial score (nSPS) is 12.1. The summed E-state index contributed by atoms with van der Waals surface area (Å²) in [5.74, 6) is -0.00966. The van der Waals surface area contributed by atoms with Gasteiger partial charge in [-0.2, -0.15) is 4.31 Å². The molecule has 0 saturated heterocycles. The molecule has 0 aliphatic rings. The predicted octanol–water partition coefficient (Wildman–Crippen LogP) is 1.87. The van der Waals surface area contributed by atoms with Gasteiger partial charge in [-0.25, -0.2) is 21.6 Å². The van der Waals surface area contributed by atoms with E-state index in [1.165, 1.54) is 38.4 Å². The van der Waals surface area contributed by atoms with Crippen LogP contribution in [0.15, 0.2) is 46.2 Å². The smallest absolute Gasteiger partial charge is 0.243 e. The van der Waals surface area contributed by atoms with Crippen LogP contribution in [0.25, 0.3) is 0 Å². The summed E-state index contributed by atoms with van der Waals surface area (Å²) >= 11 is 0. The molecule has 0 aromatic heterocycles. The molecule has 0 bridgehead atoms. The summed E-state index contributed by atoms with van der Waals surface area (Å²) in [7, 11) is -5.01. The molecule has 0 fully saturated rings. The van der Waals surface area contributed by atoms with Crippen molar-refractivity contribution >= 4 is 31.6 Å². The molecule has 2 rings (SSSR count). The van der Waals surface area contributed by atoms with Crippen molar-refractivity contribution in [2.24, 2.45) is 0 Å². The second-order valence-electron chi connectivity index (χ2n) is 6.85. The third-order valence-corrected chi connectivity index (χ3v) is 7.79. The second kappa shape index (κ2) is 9.77. The molecule has 0 spiro atoms. The number of carbonyl (C=O) groups excluding carboxylic acids is 1. The third-order valence-electron chi connectivity index (χ3n) is 4.58. The van der Waals surface area contributed by atoms with E-state index in [2.05, 4.69) is 10.0 Å². The first-order chi connectivity index (χ1) is 14.4. The van der Waals surface area contributed by atoms with E-state index in [1.807, 2.05) is 6.92 Å². The minimum Gasteiger partial charge on any atom is -0.494 e. The van der Waals surface area contributed by atoms with Crippen molar-refractivity contribution in [3.05, 3.63) is 47.5 Å². The lowest BCUT2D eigenvalue weighted by Gasteiger charge is -2.18. The molecule has 0 aliphatic carbocycles. The average Bonchev–Trinajstić information content (AvgIpc) is 2.70. The molecule has 11 heteroatoms.